The van der Waals surface area contributed by atoms with E-state index in [1.54, 1.807) is 7.11 Å². The van der Waals surface area contributed by atoms with Crippen molar-refractivity contribution in [1.82, 2.24) is 14.5 Å². The smallest absolute Gasteiger partial charge is 0.260 e. The number of carbonyl (C=O) groups is 1. The Hall–Kier alpha value is -2.41. The second kappa shape index (κ2) is 8.31. The van der Waals surface area contributed by atoms with Gasteiger partial charge in [0.15, 0.2) is 6.61 Å². The molecule has 2 heterocycles. The molecule has 0 radical (unpaired) electrons. The zero-order chi connectivity index (χ0) is 18.5. The molecule has 0 N–H and O–H groups in total. The number of amides is 1. The second-order valence-corrected chi connectivity index (χ2v) is 6.50. The average Bonchev–Trinajstić information content (AvgIpc) is 3.02. The predicted molar refractivity (Wildman–Crippen MR) is 94.4 cm³/mol. The van der Waals surface area contributed by atoms with Crippen LogP contribution in [0.4, 0.5) is 4.39 Å². The standard InChI is InChI=1S/C19H24FN3O3/c1-14-10-21-18(12-25-2)23(14)16-4-3-9-22(11-16)19(24)13-26-17-7-5-15(20)6-8-17/h5-8,10,16H,3-4,9,11-13H2,1-2H3. The lowest BCUT2D eigenvalue weighted by molar-refractivity contribution is -0.135. The average molecular weight is 361 g/mol. The molecule has 7 heteroatoms. The van der Waals surface area contributed by atoms with E-state index in [0.29, 0.717) is 18.9 Å². The van der Waals surface area contributed by atoms with E-state index in [1.807, 2.05) is 18.0 Å². The third-order valence-electron chi connectivity index (χ3n) is 4.62. The Kier molecular flexibility index (Phi) is 5.88. The third kappa shape index (κ3) is 4.22. The summed E-state index contributed by atoms with van der Waals surface area (Å²) in [7, 11) is 1.65. The van der Waals surface area contributed by atoms with Crippen LogP contribution in [-0.2, 0) is 16.1 Å². The highest BCUT2D eigenvalue weighted by molar-refractivity contribution is 5.77. The molecular formula is C19H24FN3O3. The summed E-state index contributed by atoms with van der Waals surface area (Å²) in [4.78, 5) is 18.8. The summed E-state index contributed by atoms with van der Waals surface area (Å²) < 4.78 is 25.8. The monoisotopic (exact) mass is 361 g/mol. The summed E-state index contributed by atoms with van der Waals surface area (Å²) in [5.41, 5.74) is 1.07. The van der Waals surface area contributed by atoms with Crippen molar-refractivity contribution in [1.29, 1.82) is 0 Å². The molecule has 1 fully saturated rings. The molecule has 2 aromatic rings. The number of halogens is 1. The molecule has 1 aliphatic heterocycles. The molecular weight excluding hydrogens is 337 g/mol. The van der Waals surface area contributed by atoms with Crippen molar-refractivity contribution in [3.05, 3.63) is 47.8 Å². The molecule has 0 aliphatic carbocycles. The van der Waals surface area contributed by atoms with E-state index in [0.717, 1.165) is 30.9 Å². The first kappa shape index (κ1) is 18.4. The van der Waals surface area contributed by atoms with E-state index in [9.17, 15) is 9.18 Å². The molecule has 26 heavy (non-hydrogen) atoms. The van der Waals surface area contributed by atoms with Crippen molar-refractivity contribution in [2.45, 2.75) is 32.4 Å². The molecule has 1 aromatic heterocycles. The van der Waals surface area contributed by atoms with Crippen LogP contribution in [0, 0.1) is 12.7 Å². The van der Waals surface area contributed by atoms with E-state index in [1.165, 1.54) is 24.3 Å². The van der Waals surface area contributed by atoms with Crippen molar-refractivity contribution in [3.63, 3.8) is 0 Å². The van der Waals surface area contributed by atoms with E-state index in [4.69, 9.17) is 9.47 Å². The van der Waals surface area contributed by atoms with E-state index in [-0.39, 0.29) is 24.4 Å². The van der Waals surface area contributed by atoms with E-state index in [2.05, 4.69) is 9.55 Å². The number of aromatic nitrogens is 2. The predicted octanol–water partition coefficient (Wildman–Crippen LogP) is 2.72. The first-order chi connectivity index (χ1) is 12.6. The van der Waals surface area contributed by atoms with Gasteiger partial charge in [0.05, 0.1) is 6.04 Å². The molecule has 1 aromatic carbocycles. The Morgan fingerprint density at radius 3 is 2.85 bits per heavy atom. The molecule has 3 rings (SSSR count). The van der Waals surface area contributed by atoms with Gasteiger partial charge in [-0.25, -0.2) is 9.37 Å². The number of aryl methyl sites for hydroxylation is 1. The van der Waals surface area contributed by atoms with Gasteiger partial charge in [0.2, 0.25) is 0 Å². The van der Waals surface area contributed by atoms with Gasteiger partial charge in [-0.3, -0.25) is 4.79 Å². The normalized spacial score (nSPS) is 17.3. The van der Waals surface area contributed by atoms with Gasteiger partial charge in [-0.15, -0.1) is 0 Å². The summed E-state index contributed by atoms with van der Waals surface area (Å²) in [6, 6.07) is 5.86. The maximum absolute atomic E-state index is 12.9. The first-order valence-corrected chi connectivity index (χ1v) is 8.76. The molecule has 1 aliphatic rings. The number of likely N-dealkylation sites (tertiary alicyclic amines) is 1. The largest absolute Gasteiger partial charge is 0.484 e. The second-order valence-electron chi connectivity index (χ2n) is 6.50. The highest BCUT2D eigenvalue weighted by Gasteiger charge is 2.27. The number of nitrogens with zero attached hydrogens (tertiary/aromatic N) is 3. The zero-order valence-corrected chi connectivity index (χ0v) is 15.2. The number of hydrogen-bond donors (Lipinski definition) is 0. The van der Waals surface area contributed by atoms with Gasteiger partial charge < -0.3 is 18.9 Å². The number of hydrogen-bond acceptors (Lipinski definition) is 4. The minimum Gasteiger partial charge on any atom is -0.484 e. The lowest BCUT2D eigenvalue weighted by atomic mass is 10.0. The summed E-state index contributed by atoms with van der Waals surface area (Å²) in [5, 5.41) is 0. The Bertz CT molecular complexity index is 745. The molecule has 0 spiro atoms. The van der Waals surface area contributed by atoms with Crippen molar-refractivity contribution in [3.8, 4) is 5.75 Å². The lowest BCUT2D eigenvalue weighted by Gasteiger charge is -2.34. The summed E-state index contributed by atoms with van der Waals surface area (Å²) in [6.07, 6.45) is 3.76. The van der Waals surface area contributed by atoms with Crippen LogP contribution in [0.3, 0.4) is 0 Å². The van der Waals surface area contributed by atoms with Gasteiger partial charge in [0.1, 0.15) is 24.0 Å². The highest BCUT2D eigenvalue weighted by atomic mass is 19.1. The molecule has 140 valence electrons. The van der Waals surface area contributed by atoms with Crippen LogP contribution < -0.4 is 4.74 Å². The number of ether oxygens (including phenoxy) is 2. The first-order valence-electron chi connectivity index (χ1n) is 8.76. The third-order valence-corrected chi connectivity index (χ3v) is 4.62. The molecule has 0 bridgehead atoms. The fraction of sp³-hybridized carbons (Fsp3) is 0.474. The van der Waals surface area contributed by atoms with Crippen LogP contribution in [0.1, 0.15) is 30.4 Å². The van der Waals surface area contributed by atoms with Crippen molar-refractivity contribution in [2.75, 3.05) is 26.8 Å². The maximum Gasteiger partial charge on any atom is 0.260 e. The maximum atomic E-state index is 12.9. The van der Waals surface area contributed by atoms with Crippen LogP contribution in [-0.4, -0.2) is 47.2 Å². The SMILES string of the molecule is COCc1ncc(C)n1C1CCCN(C(=O)COc2ccc(F)cc2)C1. The number of piperidine rings is 1. The number of methoxy groups -OCH3 is 1. The van der Waals surface area contributed by atoms with Crippen LogP contribution >= 0.6 is 0 Å². The van der Waals surface area contributed by atoms with E-state index < -0.39 is 0 Å². The van der Waals surface area contributed by atoms with Crippen LogP contribution in [0.15, 0.2) is 30.5 Å². The van der Waals surface area contributed by atoms with Gasteiger partial charge in [0.25, 0.3) is 5.91 Å². The Balaban J connectivity index is 1.62. The van der Waals surface area contributed by atoms with Gasteiger partial charge in [-0.2, -0.15) is 0 Å². The fourth-order valence-corrected chi connectivity index (χ4v) is 3.39. The molecule has 0 saturated carbocycles. The number of rotatable bonds is 6. The highest BCUT2D eigenvalue weighted by Crippen LogP contribution is 2.25. The summed E-state index contributed by atoms with van der Waals surface area (Å²) in [5.74, 6) is 0.975. The Morgan fingerprint density at radius 2 is 2.12 bits per heavy atom. The van der Waals surface area contributed by atoms with Crippen LogP contribution in [0.5, 0.6) is 5.75 Å². The number of carbonyl (C=O) groups excluding carboxylic acids is 1. The fourth-order valence-electron chi connectivity index (χ4n) is 3.39. The van der Waals surface area contributed by atoms with Crippen molar-refractivity contribution in [2.24, 2.45) is 0 Å². The molecule has 1 atom stereocenters. The summed E-state index contributed by atoms with van der Waals surface area (Å²) in [6.45, 7) is 3.76. The zero-order valence-electron chi connectivity index (χ0n) is 15.2. The van der Waals surface area contributed by atoms with Crippen molar-refractivity contribution >= 4 is 5.91 Å². The molecule has 1 saturated heterocycles. The Labute approximate surface area is 152 Å². The van der Waals surface area contributed by atoms with Gasteiger partial charge in [-0.05, 0) is 44.0 Å². The number of imidazole rings is 1. The lowest BCUT2D eigenvalue weighted by Crippen LogP contribution is -2.43. The Morgan fingerprint density at radius 1 is 1.35 bits per heavy atom. The molecule has 6 nitrogen and oxygen atoms in total. The van der Waals surface area contributed by atoms with Crippen LogP contribution in [0.25, 0.3) is 0 Å². The molecule has 1 unspecified atom stereocenters. The van der Waals surface area contributed by atoms with E-state index >= 15 is 0 Å². The van der Waals surface area contributed by atoms with Gasteiger partial charge in [-0.1, -0.05) is 0 Å². The minimum atomic E-state index is -0.329. The quantitative estimate of drug-likeness (QED) is 0.794. The number of benzene rings is 1. The van der Waals surface area contributed by atoms with Gasteiger partial charge >= 0.3 is 0 Å². The van der Waals surface area contributed by atoms with Crippen LogP contribution in [0.2, 0.25) is 0 Å². The van der Waals surface area contributed by atoms with Gasteiger partial charge in [0, 0.05) is 32.1 Å². The van der Waals surface area contributed by atoms with Crippen molar-refractivity contribution < 1.29 is 18.7 Å². The summed E-state index contributed by atoms with van der Waals surface area (Å²) >= 11 is 0. The minimum absolute atomic E-state index is 0.0494. The molecule has 1 amide bonds. The topological polar surface area (TPSA) is 56.6 Å².